The summed E-state index contributed by atoms with van der Waals surface area (Å²) in [6.07, 6.45) is -11.6. The molecule has 14 heteroatoms. The van der Waals surface area contributed by atoms with Gasteiger partial charge in [-0.2, -0.15) is 26.3 Å². The molecule has 0 aliphatic carbocycles. The maximum atomic E-state index is 16.8. The van der Waals surface area contributed by atoms with Crippen LogP contribution in [0.5, 0.6) is 0 Å². The van der Waals surface area contributed by atoms with Crippen LogP contribution in [0.2, 0.25) is 10.0 Å². The Morgan fingerprint density at radius 2 is 1.48 bits per heavy atom. The number of piperidine rings is 1. The van der Waals surface area contributed by atoms with E-state index in [0.717, 1.165) is 4.90 Å². The van der Waals surface area contributed by atoms with Gasteiger partial charge >= 0.3 is 18.4 Å². The van der Waals surface area contributed by atoms with Gasteiger partial charge in [0.1, 0.15) is 11.3 Å². The van der Waals surface area contributed by atoms with Crippen LogP contribution in [0.25, 0.3) is 0 Å². The minimum atomic E-state index is -5.07. The molecule has 0 aromatic heterocycles. The van der Waals surface area contributed by atoms with Gasteiger partial charge < -0.3 is 14.5 Å². The van der Waals surface area contributed by atoms with Crippen LogP contribution < -0.4 is 0 Å². The minimum Gasteiger partial charge on any atom is -0.444 e. The molecule has 244 valence electrons. The molecule has 2 amide bonds. The molecular formula is C30H33Cl2F7N2O3. The van der Waals surface area contributed by atoms with Crippen LogP contribution >= 0.6 is 23.2 Å². The normalized spacial score (nSPS) is 17.2. The molecule has 1 heterocycles. The Bertz CT molecular complexity index is 1340. The maximum Gasteiger partial charge on any atom is 0.416 e. The van der Waals surface area contributed by atoms with Gasteiger partial charge in [-0.25, -0.2) is 9.18 Å². The summed E-state index contributed by atoms with van der Waals surface area (Å²) in [5, 5.41) is 0.331. The van der Waals surface area contributed by atoms with Gasteiger partial charge in [0.15, 0.2) is 0 Å². The molecule has 0 radical (unpaired) electrons. The highest BCUT2D eigenvalue weighted by atomic mass is 35.5. The second kappa shape index (κ2) is 12.9. The average Bonchev–Trinajstić information content (AvgIpc) is 2.89. The standard InChI is InChI=1S/C30H33Cl2F7N2O3/c1-17(18-12-19(29(34,35)36)14-20(13-18)30(37,38)39)40(5)25(42)16-23(22-7-6-21(31)15-24(22)32)28(33)8-10-41(11-9-28)26(43)44-27(2,3)4/h6-7,12-15,17,23H,8-11,16H2,1-5H3/t17-,23?/m1/s1. The lowest BCUT2D eigenvalue weighted by Gasteiger charge is -2.42. The van der Waals surface area contributed by atoms with E-state index in [-0.39, 0.29) is 47.6 Å². The van der Waals surface area contributed by atoms with E-state index in [0.29, 0.717) is 12.1 Å². The summed E-state index contributed by atoms with van der Waals surface area (Å²) in [6, 6.07) is 4.19. The molecule has 1 aliphatic rings. The van der Waals surface area contributed by atoms with Gasteiger partial charge in [-0.05, 0) is 82.0 Å². The van der Waals surface area contributed by atoms with E-state index in [1.165, 1.54) is 37.1 Å². The molecule has 2 aromatic carbocycles. The van der Waals surface area contributed by atoms with Gasteiger partial charge in [0, 0.05) is 42.5 Å². The maximum absolute atomic E-state index is 16.8. The Hall–Kier alpha value is -2.73. The van der Waals surface area contributed by atoms with E-state index in [4.69, 9.17) is 27.9 Å². The molecule has 1 unspecified atom stereocenters. The Morgan fingerprint density at radius 3 is 1.93 bits per heavy atom. The predicted molar refractivity (Wildman–Crippen MR) is 152 cm³/mol. The summed E-state index contributed by atoms with van der Waals surface area (Å²) in [4.78, 5) is 28.4. The van der Waals surface area contributed by atoms with Crippen molar-refractivity contribution in [2.75, 3.05) is 20.1 Å². The lowest BCUT2D eigenvalue weighted by atomic mass is 9.75. The van der Waals surface area contributed by atoms with E-state index in [1.54, 1.807) is 20.8 Å². The Kier molecular flexibility index (Phi) is 10.5. The predicted octanol–water partition coefficient (Wildman–Crippen LogP) is 9.46. The van der Waals surface area contributed by atoms with E-state index in [1.807, 2.05) is 0 Å². The zero-order valence-corrected chi connectivity index (χ0v) is 26.2. The third-order valence-corrected chi connectivity index (χ3v) is 8.22. The van der Waals surface area contributed by atoms with E-state index in [9.17, 15) is 35.9 Å². The molecule has 44 heavy (non-hydrogen) atoms. The summed E-state index contributed by atoms with van der Waals surface area (Å²) >= 11 is 12.5. The number of hydrogen-bond acceptors (Lipinski definition) is 3. The Labute approximate surface area is 261 Å². The number of carbonyl (C=O) groups excluding carboxylic acids is 2. The highest BCUT2D eigenvalue weighted by molar-refractivity contribution is 6.35. The molecule has 0 N–H and O–H groups in total. The molecule has 2 aromatic rings. The number of likely N-dealkylation sites (tertiary alicyclic amines) is 1. The van der Waals surface area contributed by atoms with Gasteiger partial charge in [0.05, 0.1) is 17.2 Å². The molecule has 1 fully saturated rings. The first kappa shape index (κ1) is 35.7. The Balaban J connectivity index is 1.92. The lowest BCUT2D eigenvalue weighted by molar-refractivity contribution is -0.143. The third-order valence-electron chi connectivity index (χ3n) is 7.65. The topological polar surface area (TPSA) is 49.9 Å². The van der Waals surface area contributed by atoms with Gasteiger partial charge in [-0.15, -0.1) is 0 Å². The van der Waals surface area contributed by atoms with E-state index < -0.39 is 70.7 Å². The van der Waals surface area contributed by atoms with Crippen LogP contribution in [0, 0.1) is 0 Å². The van der Waals surface area contributed by atoms with Crippen LogP contribution in [0.4, 0.5) is 35.5 Å². The Morgan fingerprint density at radius 1 is 0.955 bits per heavy atom. The number of carbonyl (C=O) groups is 2. The van der Waals surface area contributed by atoms with E-state index in [2.05, 4.69) is 0 Å². The molecule has 0 spiro atoms. The number of benzene rings is 2. The quantitative estimate of drug-likeness (QED) is 0.287. The van der Waals surface area contributed by atoms with Crippen molar-refractivity contribution in [2.45, 2.75) is 82.5 Å². The zero-order valence-electron chi connectivity index (χ0n) is 24.7. The van der Waals surface area contributed by atoms with Crippen LogP contribution in [0.3, 0.4) is 0 Å². The lowest BCUT2D eigenvalue weighted by Crippen LogP contribution is -2.49. The number of nitrogens with zero attached hydrogens (tertiary/aromatic N) is 2. The number of hydrogen-bond donors (Lipinski definition) is 0. The number of rotatable bonds is 6. The monoisotopic (exact) mass is 672 g/mol. The second-order valence-corrected chi connectivity index (χ2v) is 12.8. The molecule has 0 saturated carbocycles. The van der Waals surface area contributed by atoms with Crippen LogP contribution in [-0.2, 0) is 21.9 Å². The summed E-state index contributed by atoms with van der Waals surface area (Å²) in [5.74, 6) is -1.92. The number of halogens is 9. The van der Waals surface area contributed by atoms with Gasteiger partial charge in [-0.1, -0.05) is 29.3 Å². The molecule has 1 saturated heterocycles. The fourth-order valence-corrected chi connectivity index (χ4v) is 5.61. The van der Waals surface area contributed by atoms with Crippen LogP contribution in [-0.4, -0.2) is 53.2 Å². The average molecular weight is 673 g/mol. The number of amides is 2. The fourth-order valence-electron chi connectivity index (χ4n) is 5.07. The minimum absolute atomic E-state index is 0.00705. The van der Waals surface area contributed by atoms with E-state index >= 15 is 4.39 Å². The molecule has 0 bridgehead atoms. The van der Waals surface area contributed by atoms with Crippen molar-refractivity contribution in [1.29, 1.82) is 0 Å². The van der Waals surface area contributed by atoms with Crippen molar-refractivity contribution in [1.82, 2.24) is 9.80 Å². The second-order valence-electron chi connectivity index (χ2n) is 11.9. The first-order valence-corrected chi connectivity index (χ1v) is 14.4. The molecule has 1 aliphatic heterocycles. The largest absolute Gasteiger partial charge is 0.444 e. The zero-order chi connectivity index (χ0) is 33.4. The molecular weight excluding hydrogens is 640 g/mol. The SMILES string of the molecule is C[C@H](c1cc(C(F)(F)F)cc(C(F)(F)F)c1)N(C)C(=O)CC(c1ccc(Cl)cc1Cl)C1(F)CCN(C(=O)OC(C)(C)C)CC1. The van der Waals surface area contributed by atoms with Crippen LogP contribution in [0.1, 0.15) is 81.2 Å². The van der Waals surface area contributed by atoms with Gasteiger partial charge in [0.2, 0.25) is 5.91 Å². The first-order chi connectivity index (χ1) is 20.0. The van der Waals surface area contributed by atoms with Crippen molar-refractivity contribution in [3.63, 3.8) is 0 Å². The first-order valence-electron chi connectivity index (χ1n) is 13.7. The highest BCUT2D eigenvalue weighted by Crippen LogP contribution is 2.46. The molecule has 2 atom stereocenters. The fraction of sp³-hybridized carbons (Fsp3) is 0.533. The van der Waals surface area contributed by atoms with Crippen molar-refractivity contribution < 1.29 is 45.1 Å². The van der Waals surface area contributed by atoms with Crippen molar-refractivity contribution >= 4 is 35.2 Å². The number of alkyl halides is 7. The summed E-state index contributed by atoms with van der Waals surface area (Å²) in [7, 11) is 1.22. The van der Waals surface area contributed by atoms with Gasteiger partial charge in [0.25, 0.3) is 0 Å². The molecule has 5 nitrogen and oxygen atoms in total. The summed E-state index contributed by atoms with van der Waals surface area (Å²) in [6.45, 7) is 6.30. The van der Waals surface area contributed by atoms with Crippen LogP contribution in [0.15, 0.2) is 36.4 Å². The van der Waals surface area contributed by atoms with Crippen molar-refractivity contribution in [3.05, 3.63) is 68.7 Å². The molecule has 3 rings (SSSR count). The third kappa shape index (κ3) is 8.71. The summed E-state index contributed by atoms with van der Waals surface area (Å²) < 4.78 is 103. The number of ether oxygens (including phenoxy) is 1. The summed E-state index contributed by atoms with van der Waals surface area (Å²) in [5.41, 5.74) is -6.01. The smallest absolute Gasteiger partial charge is 0.416 e. The van der Waals surface area contributed by atoms with Crippen molar-refractivity contribution in [3.8, 4) is 0 Å². The van der Waals surface area contributed by atoms with Crippen molar-refractivity contribution in [2.24, 2.45) is 0 Å². The highest BCUT2D eigenvalue weighted by Gasteiger charge is 2.46. The van der Waals surface area contributed by atoms with Gasteiger partial charge in [-0.3, -0.25) is 4.79 Å².